The molecule has 0 fully saturated rings. The van der Waals surface area contributed by atoms with Crippen LogP contribution in [0.1, 0.15) is 22.8 Å². The van der Waals surface area contributed by atoms with E-state index in [1.54, 1.807) is 11.0 Å². The van der Waals surface area contributed by atoms with Crippen LogP contribution < -0.4 is 5.32 Å². The van der Waals surface area contributed by atoms with E-state index in [0.29, 0.717) is 18.8 Å². The third-order valence-corrected chi connectivity index (χ3v) is 3.00. The van der Waals surface area contributed by atoms with Gasteiger partial charge in [0.1, 0.15) is 18.1 Å². The van der Waals surface area contributed by atoms with Crippen LogP contribution in [0.25, 0.3) is 0 Å². The van der Waals surface area contributed by atoms with E-state index < -0.39 is 0 Å². The second-order valence-electron chi connectivity index (χ2n) is 4.25. The van der Waals surface area contributed by atoms with E-state index >= 15 is 0 Å². The Balaban J connectivity index is 1.97. The highest BCUT2D eigenvalue weighted by Crippen LogP contribution is 2.12. The molecular weight excluding hydrogens is 228 g/mol. The molecule has 0 spiro atoms. The van der Waals surface area contributed by atoms with Gasteiger partial charge in [-0.15, -0.1) is 0 Å². The minimum Gasteiger partial charge on any atom is -0.340 e. The van der Waals surface area contributed by atoms with Crippen molar-refractivity contribution in [2.45, 2.75) is 20.0 Å². The third kappa shape index (κ3) is 2.41. The van der Waals surface area contributed by atoms with E-state index in [-0.39, 0.29) is 0 Å². The summed E-state index contributed by atoms with van der Waals surface area (Å²) in [5, 5.41) is 16.4. The lowest BCUT2D eigenvalue weighted by molar-refractivity contribution is 0.646. The monoisotopic (exact) mass is 244 g/mol. The van der Waals surface area contributed by atoms with Crippen molar-refractivity contribution in [3.05, 3.63) is 35.2 Å². The van der Waals surface area contributed by atoms with Crippen molar-refractivity contribution >= 4 is 0 Å². The van der Waals surface area contributed by atoms with E-state index in [2.05, 4.69) is 21.5 Å². The molecule has 0 aliphatic heterocycles. The number of hydrogen-bond donors (Lipinski definition) is 1. The fourth-order valence-electron chi connectivity index (χ4n) is 1.82. The van der Waals surface area contributed by atoms with Crippen LogP contribution in [0, 0.1) is 18.3 Å². The van der Waals surface area contributed by atoms with Gasteiger partial charge in [-0.25, -0.2) is 4.98 Å². The van der Waals surface area contributed by atoms with Crippen LogP contribution in [0.4, 0.5) is 0 Å². The van der Waals surface area contributed by atoms with Gasteiger partial charge in [-0.3, -0.25) is 4.68 Å². The lowest BCUT2D eigenvalue weighted by atomic mass is 10.2. The van der Waals surface area contributed by atoms with Crippen molar-refractivity contribution in [2.24, 2.45) is 14.1 Å². The topological polar surface area (TPSA) is 71.5 Å². The summed E-state index contributed by atoms with van der Waals surface area (Å²) >= 11 is 0. The van der Waals surface area contributed by atoms with Gasteiger partial charge in [0, 0.05) is 26.3 Å². The third-order valence-electron chi connectivity index (χ3n) is 3.00. The lowest BCUT2D eigenvalue weighted by Crippen LogP contribution is -2.14. The van der Waals surface area contributed by atoms with Crippen molar-refractivity contribution in [1.29, 1.82) is 5.26 Å². The molecule has 2 heterocycles. The van der Waals surface area contributed by atoms with Crippen molar-refractivity contribution < 1.29 is 0 Å². The molecule has 18 heavy (non-hydrogen) atoms. The van der Waals surface area contributed by atoms with Crippen molar-refractivity contribution in [3.63, 3.8) is 0 Å². The van der Waals surface area contributed by atoms with Crippen molar-refractivity contribution in [2.75, 3.05) is 0 Å². The maximum absolute atomic E-state index is 8.95. The Hall–Kier alpha value is -2.13. The van der Waals surface area contributed by atoms with Gasteiger partial charge in [0.2, 0.25) is 0 Å². The standard InChI is InChI=1S/C12H16N6/c1-9-10(4-11(5-13)18(9)3)6-14-7-12-15-8-17(2)16-12/h4,8,14H,6-7H2,1-3H3. The zero-order chi connectivity index (χ0) is 13.1. The molecule has 2 aromatic rings. The lowest BCUT2D eigenvalue weighted by Gasteiger charge is -2.03. The smallest absolute Gasteiger partial charge is 0.164 e. The van der Waals surface area contributed by atoms with Gasteiger partial charge in [-0.2, -0.15) is 10.4 Å². The first-order valence-corrected chi connectivity index (χ1v) is 5.72. The number of rotatable bonds is 4. The summed E-state index contributed by atoms with van der Waals surface area (Å²) in [5.41, 5.74) is 2.92. The second kappa shape index (κ2) is 5.02. The molecule has 6 heteroatoms. The molecule has 94 valence electrons. The molecule has 6 nitrogen and oxygen atoms in total. The highest BCUT2D eigenvalue weighted by atomic mass is 15.3. The van der Waals surface area contributed by atoms with E-state index in [4.69, 9.17) is 5.26 Å². The van der Waals surface area contributed by atoms with Gasteiger partial charge in [-0.05, 0) is 18.6 Å². The molecule has 0 unspecified atom stereocenters. The second-order valence-corrected chi connectivity index (χ2v) is 4.25. The van der Waals surface area contributed by atoms with E-state index in [1.807, 2.05) is 31.7 Å². The molecule has 2 aromatic heterocycles. The number of aromatic nitrogens is 4. The number of aryl methyl sites for hydroxylation is 1. The zero-order valence-corrected chi connectivity index (χ0v) is 10.8. The molecule has 0 aliphatic rings. The van der Waals surface area contributed by atoms with Crippen LogP contribution in [-0.2, 0) is 27.2 Å². The van der Waals surface area contributed by atoms with Crippen LogP contribution in [0.2, 0.25) is 0 Å². The van der Waals surface area contributed by atoms with Crippen LogP contribution in [-0.4, -0.2) is 19.3 Å². The molecular formula is C12H16N6. The van der Waals surface area contributed by atoms with Crippen LogP contribution in [0.5, 0.6) is 0 Å². The molecule has 0 saturated heterocycles. The first-order valence-electron chi connectivity index (χ1n) is 5.72. The first-order chi connectivity index (χ1) is 8.61. The quantitative estimate of drug-likeness (QED) is 0.856. The molecule has 0 bridgehead atoms. The number of nitriles is 1. The largest absolute Gasteiger partial charge is 0.340 e. The van der Waals surface area contributed by atoms with E-state index in [9.17, 15) is 0 Å². The first kappa shape index (κ1) is 12.3. The number of hydrogen-bond acceptors (Lipinski definition) is 4. The van der Waals surface area contributed by atoms with Crippen LogP contribution in [0.3, 0.4) is 0 Å². The predicted octanol–water partition coefficient (Wildman–Crippen LogP) is 0.623. The Morgan fingerprint density at radius 2 is 2.17 bits per heavy atom. The van der Waals surface area contributed by atoms with Gasteiger partial charge in [-0.1, -0.05) is 0 Å². The Morgan fingerprint density at radius 1 is 1.39 bits per heavy atom. The van der Waals surface area contributed by atoms with Crippen molar-refractivity contribution in [3.8, 4) is 6.07 Å². The minimum absolute atomic E-state index is 0.622. The van der Waals surface area contributed by atoms with Crippen LogP contribution in [0.15, 0.2) is 12.4 Å². The Kier molecular flexibility index (Phi) is 3.44. The molecule has 0 radical (unpaired) electrons. The van der Waals surface area contributed by atoms with E-state index in [0.717, 1.165) is 17.1 Å². The van der Waals surface area contributed by atoms with Gasteiger partial charge in [0.15, 0.2) is 5.82 Å². The fraction of sp³-hybridized carbons (Fsp3) is 0.417. The maximum atomic E-state index is 8.95. The van der Waals surface area contributed by atoms with Gasteiger partial charge in [0.25, 0.3) is 0 Å². The fourth-order valence-corrected chi connectivity index (χ4v) is 1.82. The summed E-state index contributed by atoms with van der Waals surface area (Å²) in [6.45, 7) is 3.34. The molecule has 1 N–H and O–H groups in total. The van der Waals surface area contributed by atoms with Gasteiger partial charge in [0.05, 0.1) is 6.54 Å². The average Bonchev–Trinajstić information content (AvgIpc) is 2.88. The molecule has 0 aliphatic carbocycles. The Bertz CT molecular complexity index is 586. The summed E-state index contributed by atoms with van der Waals surface area (Å²) in [6.07, 6.45) is 1.68. The normalized spacial score (nSPS) is 10.6. The summed E-state index contributed by atoms with van der Waals surface area (Å²) in [7, 11) is 3.74. The van der Waals surface area contributed by atoms with E-state index in [1.165, 1.54) is 0 Å². The average molecular weight is 244 g/mol. The summed E-state index contributed by atoms with van der Waals surface area (Å²) in [6, 6.07) is 4.09. The number of nitrogens with zero attached hydrogens (tertiary/aromatic N) is 5. The summed E-state index contributed by atoms with van der Waals surface area (Å²) in [4.78, 5) is 4.14. The highest BCUT2D eigenvalue weighted by molar-refractivity contribution is 5.34. The Labute approximate surface area is 106 Å². The molecule has 0 saturated carbocycles. The predicted molar refractivity (Wildman–Crippen MR) is 66.4 cm³/mol. The summed E-state index contributed by atoms with van der Waals surface area (Å²) < 4.78 is 3.58. The summed E-state index contributed by atoms with van der Waals surface area (Å²) in [5.74, 6) is 0.770. The minimum atomic E-state index is 0.622. The highest BCUT2D eigenvalue weighted by Gasteiger charge is 2.08. The molecule has 2 rings (SSSR count). The molecule has 0 atom stereocenters. The van der Waals surface area contributed by atoms with Gasteiger partial charge >= 0.3 is 0 Å². The molecule has 0 aromatic carbocycles. The molecule has 0 amide bonds. The number of nitrogens with one attached hydrogen (secondary N) is 1. The van der Waals surface area contributed by atoms with Gasteiger partial charge < -0.3 is 9.88 Å². The SMILES string of the molecule is Cc1c(CNCc2ncn(C)n2)cc(C#N)n1C. The Morgan fingerprint density at radius 3 is 2.72 bits per heavy atom. The zero-order valence-electron chi connectivity index (χ0n) is 10.8. The maximum Gasteiger partial charge on any atom is 0.164 e. The van der Waals surface area contributed by atoms with Crippen molar-refractivity contribution in [1.82, 2.24) is 24.6 Å². The van der Waals surface area contributed by atoms with Crippen LogP contribution >= 0.6 is 0 Å².